The predicted molar refractivity (Wildman–Crippen MR) is 101 cm³/mol. The lowest BCUT2D eigenvalue weighted by molar-refractivity contribution is 0.305. The van der Waals surface area contributed by atoms with Crippen LogP contribution in [-0.2, 0) is 13.0 Å². The van der Waals surface area contributed by atoms with Crippen molar-refractivity contribution < 1.29 is 0 Å². The van der Waals surface area contributed by atoms with Gasteiger partial charge in [0.15, 0.2) is 0 Å². The minimum Gasteiger partial charge on any atom is -0.261 e. The van der Waals surface area contributed by atoms with Crippen molar-refractivity contribution in [1.82, 2.24) is 25.0 Å². The van der Waals surface area contributed by atoms with E-state index in [0.717, 1.165) is 36.0 Å². The number of hydrogen-bond donors (Lipinski definition) is 0. The third-order valence-electron chi connectivity index (χ3n) is 5.26. The molecule has 0 amide bonds. The number of pyridine rings is 2. The Kier molecular flexibility index (Phi) is 5.33. The first kappa shape index (κ1) is 16.9. The van der Waals surface area contributed by atoms with E-state index in [2.05, 4.69) is 38.6 Å². The molecular formula is C21H25N5. The summed E-state index contributed by atoms with van der Waals surface area (Å²) in [6.45, 7) is 0.991. The van der Waals surface area contributed by atoms with Crippen molar-refractivity contribution in [2.45, 2.75) is 51.0 Å². The van der Waals surface area contributed by atoms with E-state index in [-0.39, 0.29) is 5.92 Å². The molecule has 0 aromatic carbocycles. The van der Waals surface area contributed by atoms with Gasteiger partial charge >= 0.3 is 0 Å². The van der Waals surface area contributed by atoms with E-state index in [1.165, 1.54) is 32.1 Å². The van der Waals surface area contributed by atoms with Crippen LogP contribution in [0.1, 0.15) is 55.1 Å². The third-order valence-corrected chi connectivity index (χ3v) is 5.26. The van der Waals surface area contributed by atoms with Crippen LogP contribution < -0.4 is 0 Å². The SMILES string of the molecule is c1ccc(C(Cc2cn(CC3CCCCC3)nn2)c2ccccn2)nc1. The molecule has 3 aromatic heterocycles. The smallest absolute Gasteiger partial charge is 0.0837 e. The molecule has 1 aliphatic rings. The van der Waals surface area contributed by atoms with E-state index in [4.69, 9.17) is 0 Å². The van der Waals surface area contributed by atoms with Crippen molar-refractivity contribution in [3.05, 3.63) is 72.1 Å². The van der Waals surface area contributed by atoms with Crippen molar-refractivity contribution in [3.8, 4) is 0 Å². The summed E-state index contributed by atoms with van der Waals surface area (Å²) in [5.41, 5.74) is 3.04. The van der Waals surface area contributed by atoms with E-state index in [1.807, 2.05) is 41.3 Å². The van der Waals surface area contributed by atoms with Gasteiger partial charge in [0.05, 0.1) is 5.69 Å². The van der Waals surface area contributed by atoms with Crippen LogP contribution >= 0.6 is 0 Å². The van der Waals surface area contributed by atoms with Crippen molar-refractivity contribution >= 4 is 0 Å². The maximum Gasteiger partial charge on any atom is 0.0837 e. The highest BCUT2D eigenvalue weighted by atomic mass is 15.4. The van der Waals surface area contributed by atoms with Gasteiger partial charge in [-0.3, -0.25) is 14.6 Å². The van der Waals surface area contributed by atoms with Gasteiger partial charge < -0.3 is 0 Å². The van der Waals surface area contributed by atoms with Crippen molar-refractivity contribution in [2.75, 3.05) is 0 Å². The molecule has 0 radical (unpaired) electrons. The average molecular weight is 347 g/mol. The van der Waals surface area contributed by atoms with Crippen molar-refractivity contribution in [1.29, 1.82) is 0 Å². The Labute approximate surface area is 154 Å². The molecule has 26 heavy (non-hydrogen) atoms. The van der Waals surface area contributed by atoms with Crippen LogP contribution in [0.5, 0.6) is 0 Å². The first-order chi connectivity index (χ1) is 12.9. The second kappa shape index (κ2) is 8.21. The molecule has 0 aliphatic heterocycles. The highest BCUT2D eigenvalue weighted by Gasteiger charge is 2.20. The zero-order chi connectivity index (χ0) is 17.6. The molecule has 0 atom stereocenters. The Morgan fingerprint density at radius 1 is 0.923 bits per heavy atom. The molecule has 0 spiro atoms. The van der Waals surface area contributed by atoms with Crippen LogP contribution in [0.15, 0.2) is 55.0 Å². The van der Waals surface area contributed by atoms with Crippen molar-refractivity contribution in [3.63, 3.8) is 0 Å². The lowest BCUT2D eigenvalue weighted by Gasteiger charge is -2.20. The maximum atomic E-state index is 4.56. The summed E-state index contributed by atoms with van der Waals surface area (Å²) in [5, 5.41) is 8.81. The third kappa shape index (κ3) is 4.15. The Bertz CT molecular complexity index is 754. The minimum absolute atomic E-state index is 0.0947. The molecule has 5 nitrogen and oxygen atoms in total. The fourth-order valence-corrected chi connectivity index (χ4v) is 3.89. The fourth-order valence-electron chi connectivity index (χ4n) is 3.89. The number of rotatable bonds is 6. The van der Waals surface area contributed by atoms with E-state index in [9.17, 15) is 0 Å². The Morgan fingerprint density at radius 2 is 1.62 bits per heavy atom. The molecule has 0 unspecified atom stereocenters. The molecule has 1 aliphatic carbocycles. The normalized spacial score (nSPS) is 15.4. The molecule has 3 aromatic rings. The average Bonchev–Trinajstić information content (AvgIpc) is 3.15. The summed E-state index contributed by atoms with van der Waals surface area (Å²) >= 11 is 0. The monoisotopic (exact) mass is 347 g/mol. The second-order valence-electron chi connectivity index (χ2n) is 7.20. The van der Waals surface area contributed by atoms with Crippen LogP contribution in [0.4, 0.5) is 0 Å². The zero-order valence-corrected chi connectivity index (χ0v) is 15.0. The summed E-state index contributed by atoms with van der Waals surface area (Å²) in [6, 6.07) is 12.1. The predicted octanol–water partition coefficient (Wildman–Crippen LogP) is 4.02. The molecule has 1 fully saturated rings. The van der Waals surface area contributed by atoms with Crippen molar-refractivity contribution in [2.24, 2.45) is 5.92 Å². The van der Waals surface area contributed by atoms with Gasteiger partial charge in [-0.1, -0.05) is 36.6 Å². The molecule has 4 rings (SSSR count). The molecule has 5 heteroatoms. The lowest BCUT2D eigenvalue weighted by atomic mass is 9.89. The fraction of sp³-hybridized carbons (Fsp3) is 0.429. The Hall–Kier alpha value is -2.56. The lowest BCUT2D eigenvalue weighted by Crippen LogP contribution is -2.14. The Morgan fingerprint density at radius 3 is 2.23 bits per heavy atom. The summed E-state index contributed by atoms with van der Waals surface area (Å²) in [6.07, 6.45) is 13.3. The summed E-state index contributed by atoms with van der Waals surface area (Å²) in [5.74, 6) is 0.845. The van der Waals surface area contributed by atoms with Gasteiger partial charge in [0.25, 0.3) is 0 Å². The van der Waals surface area contributed by atoms with Crippen LogP contribution in [-0.4, -0.2) is 25.0 Å². The van der Waals surface area contributed by atoms with Crippen LogP contribution in [0.2, 0.25) is 0 Å². The van der Waals surface area contributed by atoms with E-state index in [0.29, 0.717) is 0 Å². The molecule has 1 saturated carbocycles. The van der Waals surface area contributed by atoms with Crippen LogP contribution in [0, 0.1) is 5.92 Å². The number of aromatic nitrogens is 5. The molecule has 134 valence electrons. The van der Waals surface area contributed by atoms with Gasteiger partial charge in [-0.05, 0) is 43.0 Å². The quantitative estimate of drug-likeness (QED) is 0.676. The van der Waals surface area contributed by atoms with Gasteiger partial charge in [-0.2, -0.15) is 0 Å². The summed E-state index contributed by atoms with van der Waals surface area (Å²) in [4.78, 5) is 9.11. The van der Waals surface area contributed by atoms with E-state index < -0.39 is 0 Å². The van der Waals surface area contributed by atoms with E-state index in [1.54, 1.807) is 0 Å². The van der Waals surface area contributed by atoms with Gasteiger partial charge in [-0.15, -0.1) is 5.10 Å². The highest BCUT2D eigenvalue weighted by molar-refractivity contribution is 5.24. The van der Waals surface area contributed by atoms with Gasteiger partial charge in [0.2, 0.25) is 0 Å². The van der Waals surface area contributed by atoms with E-state index >= 15 is 0 Å². The topological polar surface area (TPSA) is 56.5 Å². The summed E-state index contributed by atoms with van der Waals surface area (Å²) < 4.78 is 2.03. The maximum absolute atomic E-state index is 4.56. The first-order valence-corrected chi connectivity index (χ1v) is 9.59. The standard InChI is InChI=1S/C21H25N5/c1-2-8-17(9-3-1)15-26-16-18(24-25-26)14-19(20-10-4-6-12-22-20)21-11-5-7-13-23-21/h4-7,10-13,16-17,19H,1-3,8-9,14-15H2. The number of hydrogen-bond acceptors (Lipinski definition) is 4. The Balaban J connectivity index is 1.51. The number of nitrogens with zero attached hydrogens (tertiary/aromatic N) is 5. The van der Waals surface area contributed by atoms with Gasteiger partial charge in [0.1, 0.15) is 0 Å². The molecule has 0 N–H and O–H groups in total. The highest BCUT2D eigenvalue weighted by Crippen LogP contribution is 2.26. The summed E-state index contributed by atoms with van der Waals surface area (Å²) in [7, 11) is 0. The largest absolute Gasteiger partial charge is 0.261 e. The molecule has 0 bridgehead atoms. The van der Waals surface area contributed by atoms with Crippen LogP contribution in [0.3, 0.4) is 0 Å². The zero-order valence-electron chi connectivity index (χ0n) is 15.0. The van der Waals surface area contributed by atoms with Gasteiger partial charge in [0, 0.05) is 48.9 Å². The first-order valence-electron chi connectivity index (χ1n) is 9.59. The molecular weight excluding hydrogens is 322 g/mol. The minimum atomic E-state index is 0.0947. The molecule has 0 saturated heterocycles. The van der Waals surface area contributed by atoms with Crippen LogP contribution in [0.25, 0.3) is 0 Å². The van der Waals surface area contributed by atoms with Gasteiger partial charge in [-0.25, -0.2) is 0 Å². The second-order valence-corrected chi connectivity index (χ2v) is 7.20. The molecule has 3 heterocycles.